The van der Waals surface area contributed by atoms with Crippen molar-refractivity contribution in [3.63, 3.8) is 0 Å². The highest BCUT2D eigenvalue weighted by atomic mass is 19.4. The molecule has 0 amide bonds. The van der Waals surface area contributed by atoms with E-state index in [9.17, 15) is 18.0 Å². The number of nitrogens with zero attached hydrogens (tertiary/aromatic N) is 2. The van der Waals surface area contributed by atoms with Crippen LogP contribution in [0.2, 0.25) is 0 Å². The molecule has 2 rings (SSSR count). The van der Waals surface area contributed by atoms with Gasteiger partial charge in [-0.2, -0.15) is 13.2 Å². The van der Waals surface area contributed by atoms with E-state index in [0.717, 1.165) is 4.40 Å². The maximum absolute atomic E-state index is 12.7. The predicted octanol–water partition coefficient (Wildman–Crippen LogP) is 2.37. The van der Waals surface area contributed by atoms with Crippen LogP contribution in [0.3, 0.4) is 0 Å². The SMILES string of the molecule is O=C(O)CCc1nc(C(F)(F)F)n2ccccc12. The van der Waals surface area contributed by atoms with Gasteiger partial charge < -0.3 is 5.11 Å². The van der Waals surface area contributed by atoms with Crippen molar-refractivity contribution in [3.05, 3.63) is 35.9 Å². The summed E-state index contributed by atoms with van der Waals surface area (Å²) in [4.78, 5) is 14.0. The van der Waals surface area contributed by atoms with Gasteiger partial charge >= 0.3 is 12.1 Å². The summed E-state index contributed by atoms with van der Waals surface area (Å²) in [6, 6.07) is 4.53. The van der Waals surface area contributed by atoms with E-state index in [4.69, 9.17) is 5.11 Å². The first kappa shape index (κ1) is 12.4. The highest BCUT2D eigenvalue weighted by Gasteiger charge is 2.36. The molecule has 4 nitrogen and oxygen atoms in total. The summed E-state index contributed by atoms with van der Waals surface area (Å²) >= 11 is 0. The van der Waals surface area contributed by atoms with Crippen LogP contribution in [0.1, 0.15) is 17.9 Å². The molecule has 0 unspecified atom stereocenters. The molecule has 0 aliphatic heterocycles. The van der Waals surface area contributed by atoms with E-state index in [1.165, 1.54) is 18.3 Å². The first-order valence-electron chi connectivity index (χ1n) is 5.14. The largest absolute Gasteiger partial charge is 0.481 e. The normalized spacial score (nSPS) is 11.9. The highest BCUT2D eigenvalue weighted by molar-refractivity contribution is 5.67. The molecule has 0 bridgehead atoms. The molecule has 0 spiro atoms. The molecule has 2 heterocycles. The number of carboxylic acids is 1. The summed E-state index contributed by atoms with van der Waals surface area (Å²) in [5.41, 5.74) is 0.427. The zero-order valence-electron chi connectivity index (χ0n) is 9.11. The lowest BCUT2D eigenvalue weighted by molar-refractivity contribution is -0.145. The van der Waals surface area contributed by atoms with Crippen LogP contribution < -0.4 is 0 Å². The number of rotatable bonds is 3. The second-order valence-electron chi connectivity index (χ2n) is 3.73. The van der Waals surface area contributed by atoms with Gasteiger partial charge in [0.05, 0.1) is 17.6 Å². The third-order valence-electron chi connectivity index (χ3n) is 2.45. The molecular weight excluding hydrogens is 249 g/mol. The van der Waals surface area contributed by atoms with Crippen molar-refractivity contribution in [1.29, 1.82) is 0 Å². The Hall–Kier alpha value is -2.05. The molecule has 2 aromatic heterocycles. The maximum atomic E-state index is 12.7. The number of fused-ring (bicyclic) bond motifs is 1. The van der Waals surface area contributed by atoms with E-state index in [1.807, 2.05) is 0 Å². The van der Waals surface area contributed by atoms with Crippen LogP contribution in [0.4, 0.5) is 13.2 Å². The Balaban J connectivity index is 2.51. The van der Waals surface area contributed by atoms with Crippen LogP contribution in [0, 0.1) is 0 Å². The third kappa shape index (κ3) is 2.29. The van der Waals surface area contributed by atoms with E-state index in [2.05, 4.69) is 4.98 Å². The predicted molar refractivity (Wildman–Crippen MR) is 56.2 cm³/mol. The smallest absolute Gasteiger partial charge is 0.450 e. The third-order valence-corrected chi connectivity index (χ3v) is 2.45. The first-order valence-corrected chi connectivity index (χ1v) is 5.14. The van der Waals surface area contributed by atoms with Gasteiger partial charge in [-0.25, -0.2) is 4.98 Å². The number of imidazole rings is 1. The lowest BCUT2D eigenvalue weighted by Gasteiger charge is -2.03. The van der Waals surface area contributed by atoms with E-state index in [1.54, 1.807) is 6.07 Å². The molecule has 2 aromatic rings. The monoisotopic (exact) mass is 258 g/mol. The first-order chi connectivity index (χ1) is 8.39. The summed E-state index contributed by atoms with van der Waals surface area (Å²) in [6.45, 7) is 0. The number of carboxylic acid groups (broad SMARTS) is 1. The minimum atomic E-state index is -4.56. The molecule has 1 N–H and O–H groups in total. The Morgan fingerprint density at radius 1 is 1.39 bits per heavy atom. The number of alkyl halides is 3. The van der Waals surface area contributed by atoms with Crippen molar-refractivity contribution in [2.75, 3.05) is 0 Å². The fraction of sp³-hybridized carbons (Fsp3) is 0.273. The van der Waals surface area contributed by atoms with Crippen LogP contribution in [0.5, 0.6) is 0 Å². The van der Waals surface area contributed by atoms with Crippen molar-refractivity contribution in [1.82, 2.24) is 9.38 Å². The van der Waals surface area contributed by atoms with Crippen molar-refractivity contribution in [3.8, 4) is 0 Å². The molecule has 0 aromatic carbocycles. The van der Waals surface area contributed by atoms with Crippen molar-refractivity contribution in [2.24, 2.45) is 0 Å². The summed E-state index contributed by atoms with van der Waals surface area (Å²) in [7, 11) is 0. The Labute approximate surface area is 99.7 Å². The zero-order chi connectivity index (χ0) is 13.3. The molecule has 96 valence electrons. The Kier molecular flexibility index (Phi) is 2.98. The van der Waals surface area contributed by atoms with E-state index < -0.39 is 18.0 Å². The number of aliphatic carboxylic acids is 1. The van der Waals surface area contributed by atoms with Crippen LogP contribution in [0.25, 0.3) is 5.52 Å². The van der Waals surface area contributed by atoms with Gasteiger partial charge in [-0.3, -0.25) is 9.20 Å². The van der Waals surface area contributed by atoms with Gasteiger partial charge in [0.1, 0.15) is 0 Å². The Morgan fingerprint density at radius 3 is 2.72 bits per heavy atom. The number of hydrogen-bond donors (Lipinski definition) is 1. The minimum Gasteiger partial charge on any atom is -0.481 e. The van der Waals surface area contributed by atoms with Gasteiger partial charge in [0.15, 0.2) is 0 Å². The summed E-state index contributed by atoms with van der Waals surface area (Å²) in [5, 5.41) is 8.56. The van der Waals surface area contributed by atoms with E-state index in [0.29, 0.717) is 0 Å². The van der Waals surface area contributed by atoms with Crippen molar-refractivity contribution >= 4 is 11.5 Å². The molecule has 0 aliphatic carbocycles. The van der Waals surface area contributed by atoms with Crippen molar-refractivity contribution in [2.45, 2.75) is 19.0 Å². The molecule has 0 fully saturated rings. The second-order valence-corrected chi connectivity index (χ2v) is 3.73. The Bertz CT molecular complexity index is 589. The van der Waals surface area contributed by atoms with Crippen LogP contribution in [0.15, 0.2) is 24.4 Å². The minimum absolute atomic E-state index is 0.0288. The molecular formula is C11H9F3N2O2. The average molecular weight is 258 g/mol. The fourth-order valence-corrected chi connectivity index (χ4v) is 1.71. The van der Waals surface area contributed by atoms with Crippen LogP contribution >= 0.6 is 0 Å². The molecule has 0 saturated carbocycles. The highest BCUT2D eigenvalue weighted by Crippen LogP contribution is 2.30. The van der Waals surface area contributed by atoms with Gasteiger partial charge in [0.2, 0.25) is 5.82 Å². The van der Waals surface area contributed by atoms with Gasteiger partial charge in [0.25, 0.3) is 0 Å². The molecule has 0 radical (unpaired) electrons. The molecule has 18 heavy (non-hydrogen) atoms. The summed E-state index contributed by atoms with van der Waals surface area (Å²) in [6.07, 6.45) is -3.58. The maximum Gasteiger partial charge on any atom is 0.450 e. The average Bonchev–Trinajstić information content (AvgIpc) is 2.65. The van der Waals surface area contributed by atoms with Gasteiger partial charge in [-0.1, -0.05) is 6.07 Å². The quantitative estimate of drug-likeness (QED) is 0.919. The number of carbonyl (C=O) groups is 1. The van der Waals surface area contributed by atoms with Gasteiger partial charge in [0, 0.05) is 12.6 Å². The van der Waals surface area contributed by atoms with Gasteiger partial charge in [-0.15, -0.1) is 0 Å². The zero-order valence-corrected chi connectivity index (χ0v) is 9.11. The number of halogens is 3. The standard InChI is InChI=1S/C11H9F3N2O2/c12-11(13,14)10-15-7(4-5-9(17)18)8-3-1-2-6-16(8)10/h1-3,6H,4-5H2,(H,17,18). The second kappa shape index (κ2) is 4.32. The lowest BCUT2D eigenvalue weighted by atomic mass is 10.2. The van der Waals surface area contributed by atoms with E-state index in [-0.39, 0.29) is 24.1 Å². The fourth-order valence-electron chi connectivity index (χ4n) is 1.71. The summed E-state index contributed by atoms with van der Waals surface area (Å²) in [5.74, 6) is -2.10. The molecule has 0 atom stereocenters. The topological polar surface area (TPSA) is 54.6 Å². The summed E-state index contributed by atoms with van der Waals surface area (Å²) < 4.78 is 39.1. The number of aryl methyl sites for hydroxylation is 1. The van der Waals surface area contributed by atoms with Crippen LogP contribution in [-0.4, -0.2) is 20.5 Å². The lowest BCUT2D eigenvalue weighted by Crippen LogP contribution is -2.10. The van der Waals surface area contributed by atoms with E-state index >= 15 is 0 Å². The number of hydrogen-bond acceptors (Lipinski definition) is 2. The molecule has 0 saturated heterocycles. The molecule has 0 aliphatic rings. The molecule has 7 heteroatoms. The van der Waals surface area contributed by atoms with Crippen molar-refractivity contribution < 1.29 is 23.1 Å². The number of aromatic nitrogens is 2. The number of pyridine rings is 1. The van der Waals surface area contributed by atoms with Gasteiger partial charge in [-0.05, 0) is 12.1 Å². The van der Waals surface area contributed by atoms with Crippen LogP contribution in [-0.2, 0) is 17.4 Å². The Morgan fingerprint density at radius 2 is 2.11 bits per heavy atom.